The van der Waals surface area contributed by atoms with Gasteiger partial charge in [-0.15, -0.1) is 0 Å². The van der Waals surface area contributed by atoms with Crippen LogP contribution in [-0.2, 0) is 4.79 Å². The summed E-state index contributed by atoms with van der Waals surface area (Å²) in [5.74, 6) is 3.32. The number of aromatic nitrogens is 2. The van der Waals surface area contributed by atoms with Gasteiger partial charge in [-0.25, -0.2) is 9.97 Å². The summed E-state index contributed by atoms with van der Waals surface area (Å²) in [6, 6.07) is 2.16. The Balaban J connectivity index is 1.30. The summed E-state index contributed by atoms with van der Waals surface area (Å²) < 4.78 is 0. The summed E-state index contributed by atoms with van der Waals surface area (Å²) >= 11 is 0. The normalized spacial score (nSPS) is 26.9. The molecule has 3 saturated heterocycles. The van der Waals surface area contributed by atoms with Crippen molar-refractivity contribution in [2.45, 2.75) is 32.6 Å². The second-order valence-corrected chi connectivity index (χ2v) is 8.12. The van der Waals surface area contributed by atoms with Gasteiger partial charge in [0.25, 0.3) is 0 Å². The molecule has 136 valence electrons. The first-order valence-electron chi connectivity index (χ1n) is 9.67. The molecule has 0 saturated carbocycles. The zero-order valence-electron chi connectivity index (χ0n) is 15.4. The predicted octanol–water partition coefficient (Wildman–Crippen LogP) is 1.59. The molecule has 0 bridgehead atoms. The lowest BCUT2D eigenvalue weighted by Gasteiger charge is -2.24. The van der Waals surface area contributed by atoms with Gasteiger partial charge in [0.05, 0.1) is 0 Å². The van der Waals surface area contributed by atoms with Crippen LogP contribution in [0.4, 0.5) is 5.82 Å². The molecular formula is C19H29N5O. The maximum atomic E-state index is 11.7. The van der Waals surface area contributed by atoms with Crippen molar-refractivity contribution >= 4 is 11.7 Å². The number of rotatable bonds is 5. The van der Waals surface area contributed by atoms with Gasteiger partial charge in [0.2, 0.25) is 5.91 Å². The van der Waals surface area contributed by atoms with Crippen molar-refractivity contribution in [2.75, 3.05) is 50.7 Å². The minimum Gasteiger partial charge on any atom is -0.356 e. The topological polar surface area (TPSA) is 52.6 Å². The third-order valence-electron chi connectivity index (χ3n) is 6.01. The van der Waals surface area contributed by atoms with Crippen molar-refractivity contribution < 1.29 is 4.79 Å². The molecule has 25 heavy (non-hydrogen) atoms. The van der Waals surface area contributed by atoms with Crippen LogP contribution in [0, 0.1) is 11.8 Å². The smallest absolute Gasteiger partial charge is 0.222 e. The first-order chi connectivity index (χ1) is 12.1. The lowest BCUT2D eigenvalue weighted by molar-refractivity contribution is -0.127. The van der Waals surface area contributed by atoms with Crippen molar-refractivity contribution in [3.63, 3.8) is 0 Å². The Morgan fingerprint density at radius 3 is 2.52 bits per heavy atom. The fourth-order valence-electron chi connectivity index (χ4n) is 4.51. The minimum atomic E-state index is 0.343. The fourth-order valence-corrected chi connectivity index (χ4v) is 4.51. The highest BCUT2D eigenvalue weighted by Gasteiger charge is 2.40. The van der Waals surface area contributed by atoms with E-state index in [-0.39, 0.29) is 0 Å². The Kier molecular flexibility index (Phi) is 4.63. The summed E-state index contributed by atoms with van der Waals surface area (Å²) in [5, 5.41) is 0. The SMILES string of the molecule is CC(C)c1cc(N2CC3CN(CCN4CCCC4=O)CC3C2)ncn1. The van der Waals surface area contributed by atoms with Crippen molar-refractivity contribution in [2.24, 2.45) is 11.8 Å². The number of amides is 1. The Morgan fingerprint density at radius 1 is 1.12 bits per heavy atom. The monoisotopic (exact) mass is 343 g/mol. The number of hydrogen-bond acceptors (Lipinski definition) is 5. The van der Waals surface area contributed by atoms with Crippen LogP contribution in [0.2, 0.25) is 0 Å². The minimum absolute atomic E-state index is 0.343. The van der Waals surface area contributed by atoms with Crippen molar-refractivity contribution in [1.82, 2.24) is 19.8 Å². The Morgan fingerprint density at radius 2 is 1.88 bits per heavy atom. The van der Waals surface area contributed by atoms with Crippen LogP contribution in [0.15, 0.2) is 12.4 Å². The van der Waals surface area contributed by atoms with Crippen LogP contribution in [-0.4, -0.2) is 71.5 Å². The van der Waals surface area contributed by atoms with Crippen molar-refractivity contribution in [3.05, 3.63) is 18.1 Å². The molecule has 4 heterocycles. The summed E-state index contributed by atoms with van der Waals surface area (Å²) in [7, 11) is 0. The molecular weight excluding hydrogens is 314 g/mol. The molecule has 0 radical (unpaired) electrons. The third kappa shape index (κ3) is 3.50. The van der Waals surface area contributed by atoms with E-state index in [1.807, 2.05) is 4.90 Å². The van der Waals surface area contributed by atoms with Gasteiger partial charge in [-0.05, 0) is 24.2 Å². The van der Waals surface area contributed by atoms with E-state index in [0.717, 1.165) is 82.0 Å². The van der Waals surface area contributed by atoms with Crippen LogP contribution in [0.5, 0.6) is 0 Å². The van der Waals surface area contributed by atoms with Crippen LogP contribution in [0.3, 0.4) is 0 Å². The number of likely N-dealkylation sites (tertiary alicyclic amines) is 2. The molecule has 6 heteroatoms. The molecule has 6 nitrogen and oxygen atoms in total. The molecule has 0 spiro atoms. The second kappa shape index (κ2) is 6.90. The van der Waals surface area contributed by atoms with Gasteiger partial charge in [0.1, 0.15) is 12.1 Å². The summed E-state index contributed by atoms with van der Waals surface area (Å²) in [5.41, 5.74) is 1.12. The molecule has 1 aromatic rings. The zero-order chi connectivity index (χ0) is 17.4. The molecule has 2 unspecified atom stereocenters. The van der Waals surface area contributed by atoms with Crippen LogP contribution < -0.4 is 4.90 Å². The Bertz CT molecular complexity index is 620. The molecule has 3 fully saturated rings. The molecule has 2 atom stereocenters. The van der Waals surface area contributed by atoms with E-state index < -0.39 is 0 Å². The first kappa shape index (κ1) is 16.8. The van der Waals surface area contributed by atoms with Crippen molar-refractivity contribution in [1.29, 1.82) is 0 Å². The molecule has 0 N–H and O–H groups in total. The number of carbonyl (C=O) groups excluding carboxylic acids is 1. The van der Waals surface area contributed by atoms with E-state index in [2.05, 4.69) is 39.7 Å². The number of carbonyl (C=O) groups is 1. The predicted molar refractivity (Wildman–Crippen MR) is 97.6 cm³/mol. The van der Waals surface area contributed by atoms with Crippen LogP contribution in [0.25, 0.3) is 0 Å². The average Bonchev–Trinajstić information content (AvgIpc) is 3.27. The van der Waals surface area contributed by atoms with E-state index >= 15 is 0 Å². The number of nitrogens with zero attached hydrogens (tertiary/aromatic N) is 5. The van der Waals surface area contributed by atoms with Gasteiger partial charge >= 0.3 is 0 Å². The van der Waals surface area contributed by atoms with E-state index in [1.165, 1.54) is 0 Å². The number of anilines is 1. The van der Waals surface area contributed by atoms with Crippen LogP contribution in [0.1, 0.15) is 38.3 Å². The van der Waals surface area contributed by atoms with Crippen LogP contribution >= 0.6 is 0 Å². The average molecular weight is 343 g/mol. The quantitative estimate of drug-likeness (QED) is 0.813. The maximum Gasteiger partial charge on any atom is 0.222 e. The van der Waals surface area contributed by atoms with E-state index in [0.29, 0.717) is 11.8 Å². The first-order valence-corrected chi connectivity index (χ1v) is 9.67. The van der Waals surface area contributed by atoms with Gasteiger partial charge in [-0.1, -0.05) is 13.8 Å². The second-order valence-electron chi connectivity index (χ2n) is 8.12. The molecule has 1 amide bonds. The standard InChI is InChI=1S/C19H29N5O/c1-14(2)17-8-18(21-13-20-17)24-11-15-9-22(10-16(15)12-24)6-7-23-5-3-4-19(23)25/h8,13-16H,3-7,9-12H2,1-2H3. The zero-order valence-corrected chi connectivity index (χ0v) is 15.4. The van der Waals surface area contributed by atoms with E-state index in [4.69, 9.17) is 0 Å². The molecule has 1 aromatic heterocycles. The van der Waals surface area contributed by atoms with Gasteiger partial charge in [0.15, 0.2) is 0 Å². The number of fused-ring (bicyclic) bond motifs is 1. The maximum absolute atomic E-state index is 11.7. The molecule has 3 aliphatic heterocycles. The van der Waals surface area contributed by atoms with Gasteiger partial charge in [0, 0.05) is 64.0 Å². The highest BCUT2D eigenvalue weighted by molar-refractivity contribution is 5.78. The molecule has 0 aliphatic carbocycles. The summed E-state index contributed by atoms with van der Waals surface area (Å²) in [6.45, 7) is 11.8. The number of hydrogen-bond donors (Lipinski definition) is 0. The Labute approximate surface area is 150 Å². The van der Waals surface area contributed by atoms with Crippen molar-refractivity contribution in [3.8, 4) is 0 Å². The molecule has 3 aliphatic rings. The summed E-state index contributed by atoms with van der Waals surface area (Å²) in [6.07, 6.45) is 3.49. The largest absolute Gasteiger partial charge is 0.356 e. The molecule has 4 rings (SSSR count). The lowest BCUT2D eigenvalue weighted by atomic mass is 10.0. The highest BCUT2D eigenvalue weighted by atomic mass is 16.2. The Hall–Kier alpha value is -1.69. The third-order valence-corrected chi connectivity index (χ3v) is 6.01. The summed E-state index contributed by atoms with van der Waals surface area (Å²) in [4.78, 5) is 27.7. The van der Waals surface area contributed by atoms with Gasteiger partial charge in [-0.3, -0.25) is 4.79 Å². The van der Waals surface area contributed by atoms with Gasteiger partial charge < -0.3 is 14.7 Å². The fraction of sp³-hybridized carbons (Fsp3) is 0.737. The van der Waals surface area contributed by atoms with E-state index in [9.17, 15) is 4.79 Å². The highest BCUT2D eigenvalue weighted by Crippen LogP contribution is 2.33. The van der Waals surface area contributed by atoms with E-state index in [1.54, 1.807) is 6.33 Å². The lowest BCUT2D eigenvalue weighted by Crippen LogP contribution is -2.36. The molecule has 0 aromatic carbocycles. The van der Waals surface area contributed by atoms with Gasteiger partial charge in [-0.2, -0.15) is 0 Å².